The SMILES string of the molecule is CCOCCN(C)CC(O)c1ccc(C(C)(C)C)cc1. The van der Waals surface area contributed by atoms with Crippen molar-refractivity contribution in [1.29, 1.82) is 0 Å². The predicted octanol–water partition coefficient (Wildman–Crippen LogP) is 2.99. The van der Waals surface area contributed by atoms with Crippen molar-refractivity contribution in [2.45, 2.75) is 39.2 Å². The highest BCUT2D eigenvalue weighted by Crippen LogP contribution is 2.24. The van der Waals surface area contributed by atoms with Crippen molar-refractivity contribution in [3.05, 3.63) is 35.4 Å². The summed E-state index contributed by atoms with van der Waals surface area (Å²) in [5.41, 5.74) is 2.41. The van der Waals surface area contributed by atoms with Crippen LogP contribution >= 0.6 is 0 Å². The Balaban J connectivity index is 2.53. The van der Waals surface area contributed by atoms with Gasteiger partial charge in [0.1, 0.15) is 0 Å². The molecule has 0 heterocycles. The summed E-state index contributed by atoms with van der Waals surface area (Å²) >= 11 is 0. The van der Waals surface area contributed by atoms with E-state index in [9.17, 15) is 5.11 Å². The molecule has 1 aromatic carbocycles. The minimum absolute atomic E-state index is 0.151. The largest absolute Gasteiger partial charge is 0.387 e. The smallest absolute Gasteiger partial charge is 0.0916 e. The number of hydrogen-bond acceptors (Lipinski definition) is 3. The van der Waals surface area contributed by atoms with Gasteiger partial charge in [-0.15, -0.1) is 0 Å². The van der Waals surface area contributed by atoms with Crippen LogP contribution < -0.4 is 0 Å². The van der Waals surface area contributed by atoms with Gasteiger partial charge in [0.25, 0.3) is 0 Å². The minimum Gasteiger partial charge on any atom is -0.387 e. The van der Waals surface area contributed by atoms with Crippen molar-refractivity contribution in [2.75, 3.05) is 33.4 Å². The maximum absolute atomic E-state index is 10.3. The van der Waals surface area contributed by atoms with Gasteiger partial charge < -0.3 is 14.7 Å². The van der Waals surface area contributed by atoms with E-state index in [0.29, 0.717) is 13.2 Å². The summed E-state index contributed by atoms with van der Waals surface area (Å²) in [5.74, 6) is 0. The molecule has 3 nitrogen and oxygen atoms in total. The van der Waals surface area contributed by atoms with Gasteiger partial charge >= 0.3 is 0 Å². The van der Waals surface area contributed by atoms with E-state index in [1.165, 1.54) is 5.56 Å². The topological polar surface area (TPSA) is 32.7 Å². The van der Waals surface area contributed by atoms with Crippen LogP contribution in [0.15, 0.2) is 24.3 Å². The molecule has 20 heavy (non-hydrogen) atoms. The summed E-state index contributed by atoms with van der Waals surface area (Å²) in [5, 5.41) is 10.3. The van der Waals surface area contributed by atoms with E-state index in [2.05, 4.69) is 37.8 Å². The Morgan fingerprint density at radius 2 is 1.80 bits per heavy atom. The monoisotopic (exact) mass is 279 g/mol. The molecule has 0 bridgehead atoms. The van der Waals surface area contributed by atoms with Crippen LogP contribution in [-0.2, 0) is 10.2 Å². The first-order chi connectivity index (χ1) is 9.34. The maximum atomic E-state index is 10.3. The third-order valence-electron chi connectivity index (χ3n) is 3.47. The molecule has 1 aromatic rings. The Labute approximate surface area is 123 Å². The molecule has 1 N–H and O–H groups in total. The highest BCUT2D eigenvalue weighted by molar-refractivity contribution is 5.28. The Bertz CT molecular complexity index is 381. The Morgan fingerprint density at radius 1 is 1.20 bits per heavy atom. The summed E-state index contributed by atoms with van der Waals surface area (Å²) in [6.45, 7) is 11.5. The van der Waals surface area contributed by atoms with E-state index in [1.54, 1.807) is 0 Å². The van der Waals surface area contributed by atoms with Gasteiger partial charge in [0.05, 0.1) is 12.7 Å². The lowest BCUT2D eigenvalue weighted by Gasteiger charge is -2.22. The number of aliphatic hydroxyl groups is 1. The summed E-state index contributed by atoms with van der Waals surface area (Å²) < 4.78 is 5.32. The lowest BCUT2D eigenvalue weighted by atomic mass is 9.86. The third-order valence-corrected chi connectivity index (χ3v) is 3.47. The first kappa shape index (κ1) is 17.2. The second-order valence-electron chi connectivity index (χ2n) is 6.35. The van der Waals surface area contributed by atoms with Gasteiger partial charge in [-0.3, -0.25) is 0 Å². The van der Waals surface area contributed by atoms with Gasteiger partial charge in [0.15, 0.2) is 0 Å². The molecule has 1 atom stereocenters. The lowest BCUT2D eigenvalue weighted by Crippen LogP contribution is -2.28. The quantitative estimate of drug-likeness (QED) is 0.779. The average molecular weight is 279 g/mol. The first-order valence-corrected chi connectivity index (χ1v) is 7.39. The maximum Gasteiger partial charge on any atom is 0.0916 e. The number of benzene rings is 1. The summed E-state index contributed by atoms with van der Waals surface area (Å²) in [4.78, 5) is 2.10. The molecule has 0 saturated carbocycles. The predicted molar refractivity (Wildman–Crippen MR) is 84.1 cm³/mol. The molecule has 0 saturated heterocycles. The van der Waals surface area contributed by atoms with Gasteiger partial charge in [-0.25, -0.2) is 0 Å². The van der Waals surface area contributed by atoms with Crippen LogP contribution in [0.25, 0.3) is 0 Å². The van der Waals surface area contributed by atoms with Crippen LogP contribution in [0, 0.1) is 0 Å². The van der Waals surface area contributed by atoms with Gasteiger partial charge in [-0.2, -0.15) is 0 Å². The van der Waals surface area contributed by atoms with Crippen LogP contribution in [0.4, 0.5) is 0 Å². The molecule has 0 amide bonds. The second-order valence-corrected chi connectivity index (χ2v) is 6.35. The van der Waals surface area contributed by atoms with E-state index < -0.39 is 6.10 Å². The molecule has 0 aliphatic carbocycles. The van der Waals surface area contributed by atoms with Crippen LogP contribution in [0.5, 0.6) is 0 Å². The fourth-order valence-corrected chi connectivity index (χ4v) is 2.06. The van der Waals surface area contributed by atoms with Gasteiger partial charge in [0, 0.05) is 19.7 Å². The number of rotatable bonds is 7. The van der Waals surface area contributed by atoms with E-state index in [-0.39, 0.29) is 5.41 Å². The molecular weight excluding hydrogens is 250 g/mol. The van der Waals surface area contributed by atoms with Crippen LogP contribution in [0.3, 0.4) is 0 Å². The van der Waals surface area contributed by atoms with Gasteiger partial charge in [0.2, 0.25) is 0 Å². The van der Waals surface area contributed by atoms with E-state index >= 15 is 0 Å². The standard InChI is InChI=1S/C17H29NO2/c1-6-20-12-11-18(5)13-16(19)14-7-9-15(10-8-14)17(2,3)4/h7-10,16,19H,6,11-13H2,1-5H3. The van der Waals surface area contributed by atoms with Gasteiger partial charge in [-0.05, 0) is 30.5 Å². The number of ether oxygens (including phenoxy) is 1. The van der Waals surface area contributed by atoms with Crippen molar-refractivity contribution >= 4 is 0 Å². The highest BCUT2D eigenvalue weighted by atomic mass is 16.5. The average Bonchev–Trinajstić information content (AvgIpc) is 2.38. The Hall–Kier alpha value is -0.900. The van der Waals surface area contributed by atoms with Gasteiger partial charge in [-0.1, -0.05) is 45.0 Å². The number of likely N-dealkylation sites (N-methyl/N-ethyl adjacent to an activating group) is 1. The molecule has 0 spiro atoms. The molecule has 0 aliphatic heterocycles. The normalized spacial score (nSPS) is 13.8. The molecule has 0 fully saturated rings. The van der Waals surface area contributed by atoms with Crippen molar-refractivity contribution < 1.29 is 9.84 Å². The van der Waals surface area contributed by atoms with Crippen molar-refractivity contribution in [3.8, 4) is 0 Å². The molecule has 0 aliphatic rings. The minimum atomic E-state index is -0.448. The van der Waals surface area contributed by atoms with E-state index in [0.717, 1.165) is 18.7 Å². The Kier molecular flexibility index (Phi) is 6.66. The first-order valence-electron chi connectivity index (χ1n) is 7.39. The lowest BCUT2D eigenvalue weighted by molar-refractivity contribution is 0.0891. The zero-order valence-electron chi connectivity index (χ0n) is 13.5. The van der Waals surface area contributed by atoms with E-state index in [4.69, 9.17) is 4.74 Å². The zero-order chi connectivity index (χ0) is 15.2. The Morgan fingerprint density at radius 3 is 2.30 bits per heavy atom. The fourth-order valence-electron chi connectivity index (χ4n) is 2.06. The number of hydrogen-bond donors (Lipinski definition) is 1. The molecule has 1 rings (SSSR count). The molecule has 114 valence electrons. The number of nitrogens with zero attached hydrogens (tertiary/aromatic N) is 1. The molecule has 0 aromatic heterocycles. The second kappa shape index (κ2) is 7.77. The summed E-state index contributed by atoms with van der Waals surface area (Å²) in [7, 11) is 2.01. The molecule has 1 unspecified atom stereocenters. The van der Waals surface area contributed by atoms with Crippen molar-refractivity contribution in [3.63, 3.8) is 0 Å². The highest BCUT2D eigenvalue weighted by Gasteiger charge is 2.15. The van der Waals surface area contributed by atoms with Crippen LogP contribution in [0.1, 0.15) is 44.9 Å². The fraction of sp³-hybridized carbons (Fsp3) is 0.647. The van der Waals surface area contributed by atoms with Crippen LogP contribution in [0.2, 0.25) is 0 Å². The summed E-state index contributed by atoms with van der Waals surface area (Å²) in [6.07, 6.45) is -0.448. The zero-order valence-corrected chi connectivity index (χ0v) is 13.5. The van der Waals surface area contributed by atoms with E-state index in [1.807, 2.05) is 26.1 Å². The third kappa shape index (κ3) is 5.61. The van der Waals surface area contributed by atoms with Crippen LogP contribution in [-0.4, -0.2) is 43.4 Å². The number of aliphatic hydroxyl groups excluding tert-OH is 1. The molecular formula is C17H29NO2. The van der Waals surface area contributed by atoms with Crippen molar-refractivity contribution in [1.82, 2.24) is 4.90 Å². The molecule has 3 heteroatoms. The van der Waals surface area contributed by atoms with Crippen molar-refractivity contribution in [2.24, 2.45) is 0 Å². The molecule has 0 radical (unpaired) electrons. The summed E-state index contributed by atoms with van der Waals surface area (Å²) in [6, 6.07) is 8.28.